The Morgan fingerprint density at radius 1 is 0.943 bits per heavy atom. The fraction of sp³-hybridized carbons (Fsp3) is 0.231. The van der Waals surface area contributed by atoms with Crippen LogP contribution in [0.1, 0.15) is 30.6 Å². The van der Waals surface area contributed by atoms with Crippen molar-refractivity contribution in [2.45, 2.75) is 31.2 Å². The van der Waals surface area contributed by atoms with Crippen LogP contribution in [0.15, 0.2) is 77.7 Å². The van der Waals surface area contributed by atoms with Gasteiger partial charge in [-0.25, -0.2) is 13.1 Å². The normalized spacial score (nSPS) is 12.1. The van der Waals surface area contributed by atoms with Gasteiger partial charge in [0.1, 0.15) is 5.75 Å². The van der Waals surface area contributed by atoms with Gasteiger partial charge in [-0.3, -0.25) is 9.59 Å². The number of methoxy groups -OCH3 is 1. The molecule has 2 amide bonds. The summed E-state index contributed by atoms with van der Waals surface area (Å²) in [5.41, 5.74) is 8.17. The van der Waals surface area contributed by atoms with Crippen molar-refractivity contribution in [1.82, 2.24) is 4.72 Å². The number of benzene rings is 3. The summed E-state index contributed by atoms with van der Waals surface area (Å²) in [6.45, 7) is 3.78. The van der Waals surface area contributed by atoms with Crippen LogP contribution in [0, 0.1) is 5.92 Å². The lowest BCUT2D eigenvalue weighted by Crippen LogP contribution is -2.43. The summed E-state index contributed by atoms with van der Waals surface area (Å²) in [5, 5.41) is 2.71. The molecule has 0 unspecified atom stereocenters. The van der Waals surface area contributed by atoms with E-state index in [0.717, 1.165) is 11.1 Å². The molecule has 0 saturated heterocycles. The molecule has 8 nitrogen and oxygen atoms in total. The van der Waals surface area contributed by atoms with Crippen molar-refractivity contribution in [2.75, 3.05) is 12.4 Å². The van der Waals surface area contributed by atoms with Gasteiger partial charge in [-0.05, 0) is 65.9 Å². The minimum atomic E-state index is -4.16. The molecule has 0 radical (unpaired) electrons. The minimum absolute atomic E-state index is 0.138. The number of sulfonamides is 1. The molecule has 0 aliphatic heterocycles. The lowest BCUT2D eigenvalue weighted by molar-refractivity contribution is -0.120. The second kappa shape index (κ2) is 11.2. The van der Waals surface area contributed by atoms with Crippen LogP contribution in [0.5, 0.6) is 5.75 Å². The molecule has 0 saturated carbocycles. The molecule has 0 bridgehead atoms. The Kier molecular flexibility index (Phi) is 8.26. The van der Waals surface area contributed by atoms with E-state index >= 15 is 0 Å². The van der Waals surface area contributed by atoms with Gasteiger partial charge in [0.15, 0.2) is 0 Å². The van der Waals surface area contributed by atoms with E-state index in [2.05, 4.69) is 5.32 Å². The predicted octanol–water partition coefficient (Wildman–Crippen LogP) is 3.79. The number of nitrogens with one attached hydrogen (secondary N) is 2. The van der Waals surface area contributed by atoms with Crippen molar-refractivity contribution in [2.24, 2.45) is 11.7 Å². The molecular formula is C26H29N3O5S. The first kappa shape index (κ1) is 25.9. The van der Waals surface area contributed by atoms with E-state index in [4.69, 9.17) is 10.5 Å². The summed E-state index contributed by atoms with van der Waals surface area (Å²) >= 11 is 0. The van der Waals surface area contributed by atoms with Crippen LogP contribution in [-0.2, 0) is 14.8 Å². The van der Waals surface area contributed by atoms with Gasteiger partial charge >= 0.3 is 0 Å². The quantitative estimate of drug-likeness (QED) is 0.414. The highest BCUT2D eigenvalue weighted by molar-refractivity contribution is 7.90. The van der Waals surface area contributed by atoms with Crippen molar-refractivity contribution >= 4 is 27.5 Å². The molecule has 0 aliphatic rings. The largest absolute Gasteiger partial charge is 0.497 e. The lowest BCUT2D eigenvalue weighted by atomic mass is 10.0. The third-order valence-electron chi connectivity index (χ3n) is 5.23. The van der Waals surface area contributed by atoms with E-state index in [0.29, 0.717) is 17.7 Å². The molecule has 35 heavy (non-hydrogen) atoms. The fourth-order valence-electron chi connectivity index (χ4n) is 3.47. The zero-order chi connectivity index (χ0) is 25.6. The first-order valence-corrected chi connectivity index (χ1v) is 12.6. The van der Waals surface area contributed by atoms with E-state index in [1.807, 2.05) is 48.9 Å². The van der Waals surface area contributed by atoms with Gasteiger partial charge in [0.25, 0.3) is 21.8 Å². The number of anilines is 1. The summed E-state index contributed by atoms with van der Waals surface area (Å²) in [7, 11) is -2.57. The number of hydrogen-bond acceptors (Lipinski definition) is 6. The van der Waals surface area contributed by atoms with Gasteiger partial charge in [-0.2, -0.15) is 0 Å². The SMILES string of the molecule is COc1cccc(-c2cccc(C(=O)Nc3cccc(S(=O)(=O)NC(=O)[C@@H](N)CC(C)C)c3)c2)c1. The van der Waals surface area contributed by atoms with E-state index in [-0.39, 0.29) is 16.5 Å². The van der Waals surface area contributed by atoms with Crippen molar-refractivity contribution in [1.29, 1.82) is 0 Å². The maximum atomic E-state index is 12.9. The number of ether oxygens (including phenoxy) is 1. The number of carbonyl (C=O) groups is 2. The summed E-state index contributed by atoms with van der Waals surface area (Å²) in [5.74, 6) is -0.346. The predicted molar refractivity (Wildman–Crippen MR) is 136 cm³/mol. The van der Waals surface area contributed by atoms with Crippen LogP contribution in [-0.4, -0.2) is 33.4 Å². The van der Waals surface area contributed by atoms with Crippen LogP contribution in [0.3, 0.4) is 0 Å². The van der Waals surface area contributed by atoms with Crippen molar-refractivity contribution in [3.63, 3.8) is 0 Å². The fourth-order valence-corrected chi connectivity index (χ4v) is 4.54. The Labute approximate surface area is 205 Å². The molecule has 4 N–H and O–H groups in total. The number of nitrogens with two attached hydrogens (primary N) is 1. The molecule has 1 atom stereocenters. The van der Waals surface area contributed by atoms with E-state index in [1.54, 1.807) is 31.4 Å². The third-order valence-corrected chi connectivity index (χ3v) is 6.57. The molecule has 184 valence electrons. The Morgan fingerprint density at radius 3 is 2.29 bits per heavy atom. The monoisotopic (exact) mass is 495 g/mol. The van der Waals surface area contributed by atoms with Crippen molar-refractivity contribution < 1.29 is 22.7 Å². The first-order chi connectivity index (χ1) is 16.6. The van der Waals surface area contributed by atoms with E-state index < -0.39 is 27.9 Å². The van der Waals surface area contributed by atoms with Crippen LogP contribution < -0.4 is 20.5 Å². The summed E-state index contributed by atoms with van der Waals surface area (Å²) in [6, 6.07) is 19.2. The van der Waals surface area contributed by atoms with Gasteiger partial charge < -0.3 is 15.8 Å². The van der Waals surface area contributed by atoms with Gasteiger partial charge in [0.05, 0.1) is 18.0 Å². The van der Waals surface area contributed by atoms with E-state index in [1.165, 1.54) is 18.2 Å². The maximum absolute atomic E-state index is 12.9. The Bertz CT molecular complexity index is 1320. The van der Waals surface area contributed by atoms with E-state index in [9.17, 15) is 18.0 Å². The van der Waals surface area contributed by atoms with Crippen molar-refractivity contribution in [3.05, 3.63) is 78.4 Å². The molecule has 0 fully saturated rings. The van der Waals surface area contributed by atoms with Crippen LogP contribution in [0.25, 0.3) is 11.1 Å². The zero-order valence-electron chi connectivity index (χ0n) is 19.8. The number of hydrogen-bond donors (Lipinski definition) is 3. The molecule has 0 aromatic heterocycles. The molecule has 0 aliphatic carbocycles. The van der Waals surface area contributed by atoms with Gasteiger partial charge in [0, 0.05) is 11.3 Å². The zero-order valence-corrected chi connectivity index (χ0v) is 20.6. The highest BCUT2D eigenvalue weighted by Gasteiger charge is 2.23. The standard InChI is InChI=1S/C26H29N3O5S/c1-17(2)13-24(27)26(31)29-35(32,33)23-12-6-10-21(16-23)28-25(30)20-9-4-7-18(14-20)19-8-5-11-22(15-19)34-3/h4-12,14-17,24H,13,27H2,1-3H3,(H,28,30)(H,29,31)/t24-/m0/s1. The van der Waals surface area contributed by atoms with Gasteiger partial charge in [0.2, 0.25) is 0 Å². The molecule has 3 aromatic rings. The van der Waals surface area contributed by atoms with Crippen LogP contribution >= 0.6 is 0 Å². The van der Waals surface area contributed by atoms with Crippen LogP contribution in [0.4, 0.5) is 5.69 Å². The van der Waals surface area contributed by atoms with Crippen LogP contribution in [0.2, 0.25) is 0 Å². The highest BCUT2D eigenvalue weighted by Crippen LogP contribution is 2.25. The van der Waals surface area contributed by atoms with Gasteiger partial charge in [-0.15, -0.1) is 0 Å². The van der Waals surface area contributed by atoms with Gasteiger partial charge in [-0.1, -0.05) is 44.2 Å². The number of carbonyl (C=O) groups excluding carboxylic acids is 2. The highest BCUT2D eigenvalue weighted by atomic mass is 32.2. The lowest BCUT2D eigenvalue weighted by Gasteiger charge is -2.15. The second-order valence-corrected chi connectivity index (χ2v) is 10.2. The third kappa shape index (κ3) is 6.91. The number of amides is 2. The Morgan fingerprint density at radius 2 is 1.60 bits per heavy atom. The Balaban J connectivity index is 1.76. The number of rotatable bonds is 9. The maximum Gasteiger partial charge on any atom is 0.264 e. The summed E-state index contributed by atoms with van der Waals surface area (Å²) in [6.07, 6.45) is 0.353. The smallest absolute Gasteiger partial charge is 0.264 e. The molecule has 3 aromatic carbocycles. The molecule has 3 rings (SSSR count). The first-order valence-electron chi connectivity index (χ1n) is 11.1. The minimum Gasteiger partial charge on any atom is -0.497 e. The topological polar surface area (TPSA) is 128 Å². The Hall–Kier alpha value is -3.69. The summed E-state index contributed by atoms with van der Waals surface area (Å²) in [4.78, 5) is 24.9. The second-order valence-electron chi connectivity index (χ2n) is 8.50. The summed E-state index contributed by atoms with van der Waals surface area (Å²) < 4.78 is 32.6. The molecule has 9 heteroatoms. The molecular weight excluding hydrogens is 466 g/mol. The average molecular weight is 496 g/mol. The molecule has 0 heterocycles. The average Bonchev–Trinajstić information content (AvgIpc) is 2.83. The van der Waals surface area contributed by atoms with Crippen molar-refractivity contribution in [3.8, 4) is 16.9 Å². The molecule has 0 spiro atoms.